The predicted molar refractivity (Wildman–Crippen MR) is 90.2 cm³/mol. The van der Waals surface area contributed by atoms with Crippen molar-refractivity contribution in [1.29, 1.82) is 0 Å². The maximum atomic E-state index is 12.2. The fourth-order valence-corrected chi connectivity index (χ4v) is 3.69. The zero-order valence-corrected chi connectivity index (χ0v) is 14.7. The van der Waals surface area contributed by atoms with E-state index in [9.17, 15) is 14.7 Å². The summed E-state index contributed by atoms with van der Waals surface area (Å²) in [7, 11) is 1.57. The molecule has 0 aliphatic carbocycles. The Bertz CT molecular complexity index is 675. The highest BCUT2D eigenvalue weighted by molar-refractivity contribution is 9.10. The summed E-state index contributed by atoms with van der Waals surface area (Å²) in [6.45, 7) is 0.0245. The van der Waals surface area contributed by atoms with Gasteiger partial charge < -0.3 is 14.6 Å². The summed E-state index contributed by atoms with van der Waals surface area (Å²) in [5.41, 5.74) is 0.813. The van der Waals surface area contributed by atoms with Crippen molar-refractivity contribution in [2.24, 2.45) is 0 Å². The molecule has 1 aliphatic heterocycles. The summed E-state index contributed by atoms with van der Waals surface area (Å²) >= 11 is 9.65. The summed E-state index contributed by atoms with van der Waals surface area (Å²) in [6.07, 6.45) is 1.47. The predicted octanol–water partition coefficient (Wildman–Crippen LogP) is 1.80. The van der Waals surface area contributed by atoms with Gasteiger partial charge in [-0.3, -0.25) is 9.69 Å². The number of nitrogens with zero attached hydrogens (tertiary/aromatic N) is 1. The van der Waals surface area contributed by atoms with Crippen molar-refractivity contribution in [3.63, 3.8) is 0 Å². The lowest BCUT2D eigenvalue weighted by Gasteiger charge is -2.14. The maximum absolute atomic E-state index is 12.2. The molecule has 1 fully saturated rings. The van der Waals surface area contributed by atoms with E-state index in [-0.39, 0.29) is 18.9 Å². The molecule has 0 bridgehead atoms. The largest absolute Gasteiger partial charge is 0.550 e. The Labute approximate surface area is 145 Å². The highest BCUT2D eigenvalue weighted by Crippen LogP contribution is 2.34. The van der Waals surface area contributed by atoms with Gasteiger partial charge in [0.1, 0.15) is 10.1 Å². The van der Waals surface area contributed by atoms with Crippen molar-refractivity contribution in [1.82, 2.24) is 4.90 Å². The van der Waals surface area contributed by atoms with Crippen LogP contribution in [-0.4, -0.2) is 34.8 Å². The first kappa shape index (κ1) is 17.0. The summed E-state index contributed by atoms with van der Waals surface area (Å²) in [5.74, 6) is -0.807. The second-order valence-corrected chi connectivity index (χ2v) is 6.88. The maximum Gasteiger partial charge on any atom is 0.266 e. The average molecular weight is 401 g/mol. The standard InChI is InChI=1S/C14H12BrNO4S2/c1-20-10-3-2-8(6-9(10)15)7-11-13(19)16(14(21)22-11)5-4-12(17)18/h2-3,6-7H,4-5H2,1H3,(H,17,18)/p-1/b11-7-. The molecule has 8 heteroatoms. The normalized spacial score (nSPS) is 16.5. The van der Waals surface area contributed by atoms with Gasteiger partial charge in [0.05, 0.1) is 16.5 Å². The van der Waals surface area contributed by atoms with Crippen LogP contribution in [0.4, 0.5) is 0 Å². The van der Waals surface area contributed by atoms with Gasteiger partial charge in [0.2, 0.25) is 0 Å². The summed E-state index contributed by atoms with van der Waals surface area (Å²) in [4.78, 5) is 24.5. The third-order valence-electron chi connectivity index (χ3n) is 2.89. The van der Waals surface area contributed by atoms with E-state index >= 15 is 0 Å². The molecule has 1 aromatic carbocycles. The van der Waals surface area contributed by atoms with Crippen molar-refractivity contribution in [3.05, 3.63) is 33.1 Å². The van der Waals surface area contributed by atoms with E-state index in [0.29, 0.717) is 15.0 Å². The van der Waals surface area contributed by atoms with E-state index in [4.69, 9.17) is 17.0 Å². The fourth-order valence-electron chi connectivity index (χ4n) is 1.82. The number of thiocarbonyl (C=S) groups is 1. The first-order valence-corrected chi connectivity index (χ1v) is 8.23. The van der Waals surface area contributed by atoms with Crippen LogP contribution in [0.5, 0.6) is 5.75 Å². The molecular formula is C14H11BrNO4S2-. The van der Waals surface area contributed by atoms with Crippen molar-refractivity contribution >= 4 is 62.2 Å². The van der Waals surface area contributed by atoms with Crippen molar-refractivity contribution in [2.45, 2.75) is 6.42 Å². The van der Waals surface area contributed by atoms with Crippen LogP contribution in [0.1, 0.15) is 12.0 Å². The minimum Gasteiger partial charge on any atom is -0.550 e. The van der Waals surface area contributed by atoms with Crippen LogP contribution in [0.25, 0.3) is 6.08 Å². The van der Waals surface area contributed by atoms with E-state index in [1.54, 1.807) is 19.3 Å². The quantitative estimate of drug-likeness (QED) is 0.554. The van der Waals surface area contributed by atoms with Gasteiger partial charge in [-0.25, -0.2) is 0 Å². The number of hydrogen-bond acceptors (Lipinski definition) is 6. The van der Waals surface area contributed by atoms with Gasteiger partial charge in [0.15, 0.2) is 0 Å². The van der Waals surface area contributed by atoms with Gasteiger partial charge in [-0.1, -0.05) is 30.0 Å². The number of carbonyl (C=O) groups excluding carboxylic acids is 2. The molecule has 0 aromatic heterocycles. The summed E-state index contributed by atoms with van der Waals surface area (Å²) < 4.78 is 6.28. The molecule has 0 atom stereocenters. The molecule has 1 heterocycles. The highest BCUT2D eigenvalue weighted by atomic mass is 79.9. The molecule has 0 N–H and O–H groups in total. The number of methoxy groups -OCH3 is 1. The highest BCUT2D eigenvalue weighted by Gasteiger charge is 2.31. The van der Waals surface area contributed by atoms with Crippen LogP contribution in [0.15, 0.2) is 27.6 Å². The van der Waals surface area contributed by atoms with E-state index in [1.807, 2.05) is 12.1 Å². The Morgan fingerprint density at radius 2 is 2.27 bits per heavy atom. The van der Waals surface area contributed by atoms with E-state index < -0.39 is 5.97 Å². The molecule has 116 valence electrons. The zero-order chi connectivity index (χ0) is 16.3. The molecule has 5 nitrogen and oxygen atoms in total. The molecule has 0 radical (unpaired) electrons. The van der Waals surface area contributed by atoms with E-state index in [0.717, 1.165) is 21.8 Å². The van der Waals surface area contributed by atoms with E-state index in [2.05, 4.69) is 15.9 Å². The molecule has 1 saturated heterocycles. The number of thioether (sulfide) groups is 1. The van der Waals surface area contributed by atoms with Crippen molar-refractivity contribution in [2.75, 3.05) is 13.7 Å². The minimum absolute atomic E-state index is 0.0245. The number of rotatable bonds is 5. The lowest BCUT2D eigenvalue weighted by atomic mass is 10.2. The number of carboxylic acids is 1. The Hall–Kier alpha value is -1.38. The van der Waals surface area contributed by atoms with Crippen LogP contribution in [0, 0.1) is 0 Å². The topological polar surface area (TPSA) is 69.7 Å². The van der Waals surface area contributed by atoms with Crippen LogP contribution >= 0.6 is 39.9 Å². The van der Waals surface area contributed by atoms with E-state index in [1.165, 1.54) is 4.90 Å². The molecule has 1 aromatic rings. The minimum atomic E-state index is -1.21. The molecule has 0 spiro atoms. The molecule has 1 amide bonds. The van der Waals surface area contributed by atoms with Gasteiger partial charge in [-0.15, -0.1) is 0 Å². The monoisotopic (exact) mass is 400 g/mol. The number of benzene rings is 1. The fraction of sp³-hybridized carbons (Fsp3) is 0.214. The summed E-state index contributed by atoms with van der Waals surface area (Å²) in [5, 5.41) is 10.5. The van der Waals surface area contributed by atoms with Gasteiger partial charge >= 0.3 is 0 Å². The zero-order valence-electron chi connectivity index (χ0n) is 11.5. The molecular weight excluding hydrogens is 390 g/mol. The number of amides is 1. The lowest BCUT2D eigenvalue weighted by molar-refractivity contribution is -0.305. The third-order valence-corrected chi connectivity index (χ3v) is 4.88. The molecule has 0 saturated carbocycles. The Balaban J connectivity index is 2.19. The van der Waals surface area contributed by atoms with Gasteiger partial charge in [0, 0.05) is 18.9 Å². The number of carbonyl (C=O) groups is 2. The first-order valence-electron chi connectivity index (χ1n) is 6.21. The summed E-state index contributed by atoms with van der Waals surface area (Å²) in [6, 6.07) is 5.43. The molecule has 2 rings (SSSR count). The van der Waals surface area contributed by atoms with Crippen LogP contribution in [-0.2, 0) is 9.59 Å². The van der Waals surface area contributed by atoms with Gasteiger partial charge in [0.25, 0.3) is 5.91 Å². The third kappa shape index (κ3) is 3.88. The number of ether oxygens (including phenoxy) is 1. The number of aliphatic carboxylic acids is 1. The molecule has 22 heavy (non-hydrogen) atoms. The molecule has 0 unspecified atom stereocenters. The van der Waals surface area contributed by atoms with Gasteiger partial charge in [-0.2, -0.15) is 0 Å². The lowest BCUT2D eigenvalue weighted by Crippen LogP contribution is -2.33. The van der Waals surface area contributed by atoms with Crippen molar-refractivity contribution < 1.29 is 19.4 Å². The smallest absolute Gasteiger partial charge is 0.266 e. The van der Waals surface area contributed by atoms with Crippen LogP contribution in [0.2, 0.25) is 0 Å². The Morgan fingerprint density at radius 1 is 1.55 bits per heavy atom. The average Bonchev–Trinajstić information content (AvgIpc) is 2.71. The molecule has 1 aliphatic rings. The SMILES string of the molecule is COc1ccc(/C=C2\SC(=S)N(CCC(=O)[O-])C2=O)cc1Br. The number of halogens is 1. The van der Waals surface area contributed by atoms with Crippen LogP contribution < -0.4 is 9.84 Å². The van der Waals surface area contributed by atoms with Crippen LogP contribution in [0.3, 0.4) is 0 Å². The Kier molecular flexibility index (Phi) is 5.60. The Morgan fingerprint density at radius 3 is 2.86 bits per heavy atom. The number of carboxylic acid groups (broad SMARTS) is 1. The van der Waals surface area contributed by atoms with Gasteiger partial charge in [-0.05, 0) is 39.7 Å². The van der Waals surface area contributed by atoms with Crippen molar-refractivity contribution in [3.8, 4) is 5.75 Å². The second kappa shape index (κ2) is 7.26. The first-order chi connectivity index (χ1) is 10.4. The second-order valence-electron chi connectivity index (χ2n) is 4.35. The number of hydrogen-bond donors (Lipinski definition) is 0.